The molecule has 0 amide bonds. The number of hydrogen-bond acceptors (Lipinski definition) is 2. The van der Waals surface area contributed by atoms with E-state index in [1.165, 1.54) is 0 Å². The van der Waals surface area contributed by atoms with Gasteiger partial charge in [-0.15, -0.1) is 0 Å². The summed E-state index contributed by atoms with van der Waals surface area (Å²) >= 11 is 3.30. The van der Waals surface area contributed by atoms with Gasteiger partial charge in [0.25, 0.3) is 0 Å². The van der Waals surface area contributed by atoms with Crippen molar-refractivity contribution in [2.24, 2.45) is 0 Å². The molecule has 0 spiro atoms. The summed E-state index contributed by atoms with van der Waals surface area (Å²) in [6.45, 7) is 2.74. The second-order valence-electron chi connectivity index (χ2n) is 4.19. The van der Waals surface area contributed by atoms with Crippen LogP contribution in [0.3, 0.4) is 0 Å². The molecule has 92 valence electrons. The minimum atomic E-state index is -0.372. The minimum Gasteiger partial charge on any atom is -0.390 e. The predicted octanol–water partition coefficient (Wildman–Crippen LogP) is 2.74. The van der Waals surface area contributed by atoms with Crippen LogP contribution in [0.4, 0.5) is 0 Å². The van der Waals surface area contributed by atoms with E-state index in [4.69, 9.17) is 0 Å². The third-order valence-corrected chi connectivity index (χ3v) is 3.53. The molecule has 0 saturated heterocycles. The highest BCUT2D eigenvalue weighted by Gasteiger charge is 2.12. The summed E-state index contributed by atoms with van der Waals surface area (Å²) < 4.78 is 2.13. The van der Waals surface area contributed by atoms with Gasteiger partial charge in [-0.25, -0.2) is 4.98 Å². The molecule has 1 aromatic heterocycles. The maximum absolute atomic E-state index is 9.79. The van der Waals surface area contributed by atoms with Crippen LogP contribution in [0.1, 0.15) is 19.2 Å². The second kappa shape index (κ2) is 5.65. The van der Waals surface area contributed by atoms with Crippen LogP contribution >= 0.6 is 15.9 Å². The van der Waals surface area contributed by atoms with Gasteiger partial charge < -0.3 is 9.67 Å². The Balaban J connectivity index is 2.44. The third-order valence-electron chi connectivity index (χ3n) is 2.78. The lowest BCUT2D eigenvalue weighted by molar-refractivity contribution is 0.179. The Hall–Kier alpha value is -0.870. The molecular weight excluding hydrogens is 280 g/mol. The van der Waals surface area contributed by atoms with Crippen molar-refractivity contribution in [3.05, 3.63) is 30.1 Å². The Morgan fingerprint density at radius 1 is 1.41 bits per heavy atom. The van der Waals surface area contributed by atoms with E-state index in [2.05, 4.69) is 38.5 Å². The van der Waals surface area contributed by atoms with Crippen molar-refractivity contribution in [1.29, 1.82) is 0 Å². The number of aromatic nitrogens is 2. The van der Waals surface area contributed by atoms with Crippen LogP contribution in [0.25, 0.3) is 11.0 Å². The molecule has 1 atom stereocenters. The van der Waals surface area contributed by atoms with Crippen molar-refractivity contribution in [2.75, 3.05) is 5.33 Å². The van der Waals surface area contributed by atoms with Gasteiger partial charge in [0.15, 0.2) is 0 Å². The maximum atomic E-state index is 9.79. The van der Waals surface area contributed by atoms with Crippen molar-refractivity contribution in [2.45, 2.75) is 32.4 Å². The van der Waals surface area contributed by atoms with Gasteiger partial charge in [0.1, 0.15) is 5.82 Å². The molecule has 0 aliphatic heterocycles. The predicted molar refractivity (Wildman–Crippen MR) is 73.5 cm³/mol. The van der Waals surface area contributed by atoms with E-state index in [1.807, 2.05) is 18.2 Å². The molecule has 3 nitrogen and oxygen atoms in total. The topological polar surface area (TPSA) is 38.0 Å². The quantitative estimate of drug-likeness (QED) is 0.862. The first-order chi connectivity index (χ1) is 8.26. The first-order valence-electron chi connectivity index (χ1n) is 5.94. The molecule has 2 rings (SSSR count). The number of alkyl halides is 1. The number of aryl methyl sites for hydroxylation is 1. The van der Waals surface area contributed by atoms with Crippen LogP contribution in [-0.2, 0) is 13.0 Å². The second-order valence-corrected chi connectivity index (χ2v) is 4.83. The number of aliphatic hydroxyl groups is 1. The average Bonchev–Trinajstić information content (AvgIpc) is 2.68. The van der Waals surface area contributed by atoms with Crippen LogP contribution in [0.2, 0.25) is 0 Å². The van der Waals surface area contributed by atoms with Crippen molar-refractivity contribution < 1.29 is 5.11 Å². The summed E-state index contributed by atoms with van der Waals surface area (Å²) in [6.07, 6.45) is 1.64. The molecule has 1 N–H and O–H groups in total. The highest BCUT2D eigenvalue weighted by molar-refractivity contribution is 9.09. The lowest BCUT2D eigenvalue weighted by atomic mass is 10.3. The van der Waals surface area contributed by atoms with Crippen LogP contribution in [0.5, 0.6) is 0 Å². The monoisotopic (exact) mass is 296 g/mol. The summed E-state index contributed by atoms with van der Waals surface area (Å²) in [6, 6.07) is 8.08. The minimum absolute atomic E-state index is 0.372. The summed E-state index contributed by atoms with van der Waals surface area (Å²) in [5.74, 6) is 1.06. The summed E-state index contributed by atoms with van der Waals surface area (Å²) in [5, 5.41) is 10.4. The molecule has 0 saturated carbocycles. The number of halogens is 1. The SMILES string of the molecule is CCCc1nc2ccccc2n1CC(O)CBr. The first-order valence-corrected chi connectivity index (χ1v) is 7.06. The molecule has 1 heterocycles. The summed E-state index contributed by atoms with van der Waals surface area (Å²) in [4.78, 5) is 4.63. The van der Waals surface area contributed by atoms with Gasteiger partial charge in [-0.2, -0.15) is 0 Å². The molecule has 0 aliphatic rings. The van der Waals surface area contributed by atoms with Crippen molar-refractivity contribution in [3.8, 4) is 0 Å². The number of rotatable bonds is 5. The van der Waals surface area contributed by atoms with Crippen molar-refractivity contribution in [3.63, 3.8) is 0 Å². The Bertz CT molecular complexity index is 495. The molecule has 0 bridgehead atoms. The van der Waals surface area contributed by atoms with E-state index < -0.39 is 0 Å². The number of nitrogens with zero attached hydrogens (tertiary/aromatic N) is 2. The fourth-order valence-electron chi connectivity index (χ4n) is 2.00. The van der Waals surface area contributed by atoms with Crippen molar-refractivity contribution >= 4 is 27.0 Å². The van der Waals surface area contributed by atoms with Crippen LogP contribution in [0.15, 0.2) is 24.3 Å². The number of para-hydroxylation sites is 2. The van der Waals surface area contributed by atoms with E-state index in [0.29, 0.717) is 11.9 Å². The molecule has 1 aromatic carbocycles. The lowest BCUT2D eigenvalue weighted by Crippen LogP contribution is -2.18. The van der Waals surface area contributed by atoms with E-state index in [-0.39, 0.29) is 6.10 Å². The van der Waals surface area contributed by atoms with E-state index >= 15 is 0 Å². The van der Waals surface area contributed by atoms with Crippen LogP contribution in [-0.4, -0.2) is 26.1 Å². The number of benzene rings is 1. The molecule has 0 radical (unpaired) electrons. The largest absolute Gasteiger partial charge is 0.390 e. The zero-order chi connectivity index (χ0) is 12.3. The Labute approximate surface area is 110 Å². The molecule has 1 unspecified atom stereocenters. The smallest absolute Gasteiger partial charge is 0.109 e. The molecule has 17 heavy (non-hydrogen) atoms. The number of fused-ring (bicyclic) bond motifs is 1. The van der Waals surface area contributed by atoms with E-state index in [1.54, 1.807) is 0 Å². The van der Waals surface area contributed by atoms with Gasteiger partial charge in [0.05, 0.1) is 23.7 Å². The standard InChI is InChI=1S/C13H17BrN2O/c1-2-5-13-15-11-6-3-4-7-12(11)16(13)9-10(17)8-14/h3-4,6-7,10,17H,2,5,8-9H2,1H3. The number of hydrogen-bond donors (Lipinski definition) is 1. The number of aliphatic hydroxyl groups excluding tert-OH is 1. The zero-order valence-electron chi connectivity index (χ0n) is 9.93. The normalized spacial score (nSPS) is 13.1. The van der Waals surface area contributed by atoms with Gasteiger partial charge in [0.2, 0.25) is 0 Å². The molecule has 0 fully saturated rings. The van der Waals surface area contributed by atoms with Gasteiger partial charge in [-0.05, 0) is 18.6 Å². The van der Waals surface area contributed by atoms with Crippen LogP contribution < -0.4 is 0 Å². The molecular formula is C13H17BrN2O. The van der Waals surface area contributed by atoms with Gasteiger partial charge in [0, 0.05) is 11.8 Å². The Morgan fingerprint density at radius 3 is 2.88 bits per heavy atom. The van der Waals surface area contributed by atoms with Gasteiger partial charge >= 0.3 is 0 Å². The zero-order valence-corrected chi connectivity index (χ0v) is 11.5. The molecule has 2 aromatic rings. The van der Waals surface area contributed by atoms with E-state index in [9.17, 15) is 5.11 Å². The highest BCUT2D eigenvalue weighted by Crippen LogP contribution is 2.18. The fraction of sp³-hybridized carbons (Fsp3) is 0.462. The third kappa shape index (κ3) is 2.69. The molecule has 4 heteroatoms. The fourth-order valence-corrected chi connectivity index (χ4v) is 2.21. The lowest BCUT2D eigenvalue weighted by Gasteiger charge is -2.12. The summed E-state index contributed by atoms with van der Waals surface area (Å²) in [7, 11) is 0. The summed E-state index contributed by atoms with van der Waals surface area (Å²) in [5.41, 5.74) is 2.12. The maximum Gasteiger partial charge on any atom is 0.109 e. The van der Waals surface area contributed by atoms with Crippen LogP contribution in [0, 0.1) is 0 Å². The Morgan fingerprint density at radius 2 is 2.18 bits per heavy atom. The number of imidazole rings is 1. The molecule has 0 aliphatic carbocycles. The first kappa shape index (κ1) is 12.6. The highest BCUT2D eigenvalue weighted by atomic mass is 79.9. The van der Waals surface area contributed by atoms with E-state index in [0.717, 1.165) is 29.7 Å². The average molecular weight is 297 g/mol. The van der Waals surface area contributed by atoms with Gasteiger partial charge in [-0.3, -0.25) is 0 Å². The Kier molecular flexibility index (Phi) is 4.18. The van der Waals surface area contributed by atoms with Crippen molar-refractivity contribution in [1.82, 2.24) is 9.55 Å². The van der Waals surface area contributed by atoms with Gasteiger partial charge in [-0.1, -0.05) is 35.0 Å².